The molecule has 3 heterocycles. The third-order valence-corrected chi connectivity index (χ3v) is 14.5. The topological polar surface area (TPSA) is 175 Å². The summed E-state index contributed by atoms with van der Waals surface area (Å²) in [4.78, 5) is 66.4. The largest absolute Gasteiger partial charge is 0.496 e. The van der Waals surface area contributed by atoms with Crippen LogP contribution in [0, 0.1) is 18.7 Å². The summed E-state index contributed by atoms with van der Waals surface area (Å²) in [5, 5.41) is 9.38. The lowest BCUT2D eigenvalue weighted by Gasteiger charge is -2.30. The Bertz CT molecular complexity index is 2400. The molecule has 0 radical (unpaired) electrons. The second kappa shape index (κ2) is 19.9. The minimum atomic E-state index is -1.53. The van der Waals surface area contributed by atoms with Crippen molar-refractivity contribution in [2.45, 2.75) is 120 Å². The van der Waals surface area contributed by atoms with E-state index in [0.29, 0.717) is 60.6 Å². The molecule has 3 amide bonds. The number of unbranched alkanes of at least 4 members (excludes halogenated alkanes) is 3. The van der Waals surface area contributed by atoms with Gasteiger partial charge in [-0.15, -0.1) is 24.5 Å². The van der Waals surface area contributed by atoms with E-state index in [1.165, 1.54) is 23.5 Å². The molecule has 7 rings (SSSR count). The summed E-state index contributed by atoms with van der Waals surface area (Å²) >= 11 is 1.49. The Hall–Kier alpha value is -5.22. The molecule has 1 aliphatic heterocycles. The molecule has 0 spiro atoms. The van der Waals surface area contributed by atoms with Gasteiger partial charge in [-0.2, -0.15) is 0 Å². The van der Waals surface area contributed by atoms with E-state index in [9.17, 15) is 27.8 Å². The summed E-state index contributed by atoms with van der Waals surface area (Å²) in [7, 11) is 0.0749. The van der Waals surface area contributed by atoms with Crippen molar-refractivity contribution in [1.29, 1.82) is 0 Å². The third-order valence-electron chi connectivity index (χ3n) is 12.0. The summed E-state index contributed by atoms with van der Waals surface area (Å²) < 4.78 is 34.0. The molecule has 3 fully saturated rings. The van der Waals surface area contributed by atoms with Gasteiger partial charge in [0.05, 0.1) is 28.5 Å². The molecule has 1 unspecified atom stereocenters. The Balaban J connectivity index is 0.000000245. The zero-order chi connectivity index (χ0) is 44.8. The predicted octanol–water partition coefficient (Wildman–Crippen LogP) is 7.61. The summed E-state index contributed by atoms with van der Waals surface area (Å²) in [5.74, 6) is -0.195. The van der Waals surface area contributed by atoms with Gasteiger partial charge in [0.15, 0.2) is 10.8 Å². The summed E-state index contributed by atoms with van der Waals surface area (Å²) in [5.41, 5.74) is 1.65. The van der Waals surface area contributed by atoms with E-state index in [4.69, 9.17) is 4.74 Å². The van der Waals surface area contributed by atoms with E-state index >= 15 is 0 Å². The van der Waals surface area contributed by atoms with Crippen LogP contribution in [-0.2, 0) is 25.4 Å². The third kappa shape index (κ3) is 10.5. The number of aromatic nitrogens is 3. The lowest BCUT2D eigenvalue weighted by molar-refractivity contribution is -0.140. The quantitative estimate of drug-likeness (QED) is 0.0579. The zero-order valence-electron chi connectivity index (χ0n) is 36.2. The average Bonchev–Trinajstić information content (AvgIpc) is 3.99. The van der Waals surface area contributed by atoms with Crippen LogP contribution in [0.4, 0.5) is 10.1 Å². The first-order valence-electron chi connectivity index (χ1n) is 21.3. The Kier molecular flexibility index (Phi) is 14.8. The molecular weight excluding hydrogens is 830 g/mol. The number of H-pyrrole nitrogens is 1. The lowest BCUT2D eigenvalue weighted by atomic mass is 10.0. The van der Waals surface area contributed by atoms with Gasteiger partial charge in [0, 0.05) is 29.1 Å². The van der Waals surface area contributed by atoms with Crippen molar-refractivity contribution in [1.82, 2.24) is 29.9 Å². The van der Waals surface area contributed by atoms with Crippen LogP contribution in [-0.4, -0.2) is 77.8 Å². The van der Waals surface area contributed by atoms with Crippen LogP contribution in [0.3, 0.4) is 0 Å². The standard InChI is InChI=1S/C30H41FN4O4S.C16H17N3O2S/c1-4-6-7-8-9-14-24(32-23-13-10-12-22(31)19-23)27(37)35-18-11-15-25(35)26(36)33-30(20-21(30)5-2)28(38)34-40(39)29(3)16-17-29;1-8(2)11-7-22-16(17-11)14-18-13-9(3)12(21-4)6-5-10(13)15(20)19-14/h4-5,10,12-13,19,21,24-25,32H,1-2,6-9,11,14-18,20H2,3H3,(H,33,36)(H,34,38);5-8H,1-4H3,(H,18,19,20)/t21-,24+,25+,30-,40?;/m1./s1. The van der Waals surface area contributed by atoms with Gasteiger partial charge in [0.2, 0.25) is 11.8 Å². The van der Waals surface area contributed by atoms with Crippen LogP contribution in [0.5, 0.6) is 5.75 Å². The molecule has 332 valence electrons. The highest BCUT2D eigenvalue weighted by Crippen LogP contribution is 2.46. The van der Waals surface area contributed by atoms with E-state index in [1.807, 2.05) is 25.3 Å². The number of anilines is 1. The number of nitrogens with one attached hydrogen (secondary N) is 4. The van der Waals surface area contributed by atoms with Crippen molar-refractivity contribution in [3.05, 3.63) is 94.5 Å². The van der Waals surface area contributed by atoms with Crippen molar-refractivity contribution >= 4 is 56.6 Å². The zero-order valence-corrected chi connectivity index (χ0v) is 37.8. The number of carbonyl (C=O) groups is 3. The van der Waals surface area contributed by atoms with Gasteiger partial charge >= 0.3 is 0 Å². The second-order valence-electron chi connectivity index (χ2n) is 16.9. The summed E-state index contributed by atoms with van der Waals surface area (Å²) in [6, 6.07) is 8.16. The number of fused-ring (bicyclic) bond motifs is 1. The number of hydrogen-bond acceptors (Lipinski definition) is 10. The normalized spacial score (nSPS) is 20.7. The van der Waals surface area contributed by atoms with Gasteiger partial charge in [0.25, 0.3) is 11.5 Å². The highest BCUT2D eigenvalue weighted by molar-refractivity contribution is 7.85. The number of thiazole rings is 1. The summed E-state index contributed by atoms with van der Waals surface area (Å²) in [6.45, 7) is 15.9. The minimum absolute atomic E-state index is 0.160. The molecule has 4 aromatic rings. The first kappa shape index (κ1) is 46.3. The number of nitrogens with zero attached hydrogens (tertiary/aromatic N) is 3. The maximum absolute atomic E-state index is 13.9. The van der Waals surface area contributed by atoms with Crippen LogP contribution in [0.2, 0.25) is 0 Å². The monoisotopic (exact) mass is 887 g/mol. The van der Waals surface area contributed by atoms with E-state index in [0.717, 1.165) is 60.5 Å². The smallest absolute Gasteiger partial charge is 0.259 e. The van der Waals surface area contributed by atoms with Crippen molar-refractivity contribution in [3.8, 4) is 16.6 Å². The number of hydrogen-bond donors (Lipinski definition) is 4. The van der Waals surface area contributed by atoms with Gasteiger partial charge in [-0.1, -0.05) is 44.9 Å². The lowest BCUT2D eigenvalue weighted by Crippen LogP contribution is -2.57. The molecule has 0 bridgehead atoms. The number of likely N-dealkylation sites (tertiary alicyclic amines) is 1. The molecule has 2 saturated carbocycles. The number of aryl methyl sites for hydroxylation is 1. The van der Waals surface area contributed by atoms with Crippen molar-refractivity contribution in [3.63, 3.8) is 0 Å². The molecule has 2 aromatic heterocycles. The highest BCUT2D eigenvalue weighted by atomic mass is 32.2. The highest BCUT2D eigenvalue weighted by Gasteiger charge is 2.61. The van der Waals surface area contributed by atoms with Crippen molar-refractivity contribution < 1.29 is 27.7 Å². The first-order chi connectivity index (χ1) is 29.6. The Morgan fingerprint density at radius 2 is 1.92 bits per heavy atom. The molecule has 4 N–H and O–H groups in total. The molecule has 3 aliphatic rings. The maximum atomic E-state index is 13.9. The number of rotatable bonds is 18. The molecule has 62 heavy (non-hydrogen) atoms. The molecule has 16 heteroatoms. The fourth-order valence-electron chi connectivity index (χ4n) is 7.66. The molecule has 13 nitrogen and oxygen atoms in total. The number of allylic oxidation sites excluding steroid dienone is 1. The van der Waals surface area contributed by atoms with Crippen LogP contribution in [0.15, 0.2) is 71.9 Å². The fourth-order valence-corrected chi connectivity index (χ4v) is 9.65. The van der Waals surface area contributed by atoms with Crippen molar-refractivity contribution in [2.24, 2.45) is 5.92 Å². The van der Waals surface area contributed by atoms with E-state index in [1.54, 1.807) is 42.4 Å². The Morgan fingerprint density at radius 1 is 1.15 bits per heavy atom. The van der Waals surface area contributed by atoms with E-state index in [2.05, 4.69) is 57.3 Å². The molecular formula is C46H58FN7O6S2. The number of ether oxygens (including phenoxy) is 1. The van der Waals surface area contributed by atoms with Crippen LogP contribution < -0.4 is 25.7 Å². The van der Waals surface area contributed by atoms with E-state index in [-0.39, 0.29) is 17.4 Å². The van der Waals surface area contributed by atoms with Gasteiger partial charge in [-0.3, -0.25) is 23.9 Å². The summed E-state index contributed by atoms with van der Waals surface area (Å²) in [6.07, 6.45) is 10.7. The van der Waals surface area contributed by atoms with E-state index < -0.39 is 51.0 Å². The number of methoxy groups -OCH3 is 1. The molecule has 2 aliphatic carbocycles. The number of halogens is 1. The molecule has 2 aromatic carbocycles. The Morgan fingerprint density at radius 3 is 2.56 bits per heavy atom. The predicted molar refractivity (Wildman–Crippen MR) is 244 cm³/mol. The molecule has 5 atom stereocenters. The van der Waals surface area contributed by atoms with Crippen LogP contribution in [0.25, 0.3) is 21.7 Å². The minimum Gasteiger partial charge on any atom is -0.496 e. The average molecular weight is 888 g/mol. The Labute approximate surface area is 369 Å². The SMILES string of the molecule is C=CCCCCC[C@H](Nc1cccc(F)c1)C(=O)N1CCC[C@H]1C(=O)N[C@]1(C(=O)NS(=O)C2(C)CC2)C[C@H]1C=C.COc1ccc2c(=O)[nH]c(-c3nc(C(C)C)cs3)nc2c1C. The van der Waals surface area contributed by atoms with Gasteiger partial charge in [-0.05, 0) is 101 Å². The number of amides is 3. The number of carbonyl (C=O) groups excluding carboxylic acids is 3. The van der Waals surface area contributed by atoms with Crippen molar-refractivity contribution in [2.75, 3.05) is 19.0 Å². The second-order valence-corrected chi connectivity index (χ2v) is 19.5. The first-order valence-corrected chi connectivity index (χ1v) is 23.3. The molecule has 1 saturated heterocycles. The maximum Gasteiger partial charge on any atom is 0.259 e. The fraction of sp³-hybridized carbons (Fsp3) is 0.478. The number of benzene rings is 2. The van der Waals surface area contributed by atoms with Gasteiger partial charge < -0.3 is 25.3 Å². The van der Waals surface area contributed by atoms with Gasteiger partial charge in [-0.25, -0.2) is 18.6 Å². The number of aromatic amines is 1. The van der Waals surface area contributed by atoms with Gasteiger partial charge in [0.1, 0.15) is 40.2 Å². The van der Waals surface area contributed by atoms with Crippen LogP contribution >= 0.6 is 11.3 Å². The van der Waals surface area contributed by atoms with Crippen LogP contribution in [0.1, 0.15) is 102 Å².